The predicted molar refractivity (Wildman–Crippen MR) is 98.2 cm³/mol. The van der Waals surface area contributed by atoms with Crippen LogP contribution < -0.4 is 15.4 Å². The average molecular weight is 361 g/mol. The number of methoxy groups -OCH3 is 1. The molecule has 1 aliphatic rings. The first-order chi connectivity index (χ1) is 12.4. The number of hydrogen-bond donors (Lipinski definition) is 3. The van der Waals surface area contributed by atoms with Crippen LogP contribution in [-0.4, -0.2) is 58.6 Å². The van der Waals surface area contributed by atoms with Gasteiger partial charge in [0.1, 0.15) is 0 Å². The molecule has 1 aliphatic heterocycles. The van der Waals surface area contributed by atoms with Crippen molar-refractivity contribution in [3.63, 3.8) is 0 Å². The third-order valence-electron chi connectivity index (χ3n) is 5.18. The number of pyridine rings is 1. The molecule has 1 saturated heterocycles. The third-order valence-corrected chi connectivity index (χ3v) is 5.18. The number of carbonyl (C=O) groups excluding carboxylic acids is 1. The molecule has 3 N–H and O–H groups in total. The minimum absolute atomic E-state index is 0.0128. The Hall–Kier alpha value is -2.19. The number of aliphatic hydroxyl groups is 1. The molecule has 0 aliphatic carbocycles. The summed E-state index contributed by atoms with van der Waals surface area (Å²) in [6.07, 6.45) is 0.605. The number of aryl methyl sites for hydroxylation is 3. The number of nitrogens with zero attached hydrogens (tertiary/aromatic N) is 3. The molecule has 8 nitrogen and oxygen atoms in total. The molecule has 0 spiro atoms. The number of rotatable bonds is 6. The topological polar surface area (TPSA) is 101 Å². The summed E-state index contributed by atoms with van der Waals surface area (Å²) in [6.45, 7) is 5.81. The van der Waals surface area contributed by atoms with Crippen LogP contribution in [0.5, 0.6) is 5.88 Å². The van der Waals surface area contributed by atoms with Gasteiger partial charge < -0.3 is 20.5 Å². The summed E-state index contributed by atoms with van der Waals surface area (Å²) in [7, 11) is 3.44. The van der Waals surface area contributed by atoms with Crippen molar-refractivity contribution in [2.75, 3.05) is 26.7 Å². The van der Waals surface area contributed by atoms with Crippen LogP contribution in [0.4, 0.5) is 0 Å². The van der Waals surface area contributed by atoms with Crippen molar-refractivity contribution >= 4 is 16.9 Å². The first-order valence-electron chi connectivity index (χ1n) is 8.94. The first-order valence-corrected chi connectivity index (χ1v) is 8.94. The van der Waals surface area contributed by atoms with Gasteiger partial charge in [0.05, 0.1) is 18.6 Å². The second-order valence-corrected chi connectivity index (χ2v) is 6.92. The van der Waals surface area contributed by atoms with Gasteiger partial charge >= 0.3 is 0 Å². The zero-order chi connectivity index (χ0) is 18.8. The highest BCUT2D eigenvalue weighted by molar-refractivity contribution is 5.86. The summed E-state index contributed by atoms with van der Waals surface area (Å²) >= 11 is 0. The van der Waals surface area contributed by atoms with Gasteiger partial charge in [-0.1, -0.05) is 0 Å². The first kappa shape index (κ1) is 18.6. The van der Waals surface area contributed by atoms with Gasteiger partial charge in [-0.25, -0.2) is 9.67 Å². The van der Waals surface area contributed by atoms with Crippen molar-refractivity contribution in [2.45, 2.75) is 32.8 Å². The maximum absolute atomic E-state index is 12.2. The van der Waals surface area contributed by atoms with Crippen LogP contribution in [0.25, 0.3) is 11.0 Å². The number of ether oxygens (including phenoxy) is 1. The molecule has 1 amide bonds. The van der Waals surface area contributed by atoms with E-state index in [1.807, 2.05) is 20.9 Å². The summed E-state index contributed by atoms with van der Waals surface area (Å²) in [6, 6.07) is 0. The number of β-amino-alcohol motifs (C(OH)–C–C–N with tert-alkyl or cyclic N) is 1. The molecule has 2 aromatic heterocycles. The number of aromatic nitrogens is 3. The second kappa shape index (κ2) is 7.59. The number of amides is 1. The number of hydrogen-bond acceptors (Lipinski definition) is 6. The Morgan fingerprint density at radius 2 is 2.19 bits per heavy atom. The van der Waals surface area contributed by atoms with Crippen LogP contribution in [0.3, 0.4) is 0 Å². The van der Waals surface area contributed by atoms with Gasteiger partial charge in [0.15, 0.2) is 5.65 Å². The Bertz CT molecular complexity index is 817. The lowest BCUT2D eigenvalue weighted by atomic mass is 10.00. The molecule has 3 heterocycles. The van der Waals surface area contributed by atoms with E-state index in [2.05, 4.69) is 20.7 Å². The van der Waals surface area contributed by atoms with Gasteiger partial charge in [-0.15, -0.1) is 5.10 Å². The molecular formula is C18H27N5O3. The number of aliphatic hydroxyl groups excluding tert-OH is 1. The third kappa shape index (κ3) is 3.52. The summed E-state index contributed by atoms with van der Waals surface area (Å²) < 4.78 is 7.09. The van der Waals surface area contributed by atoms with Crippen molar-refractivity contribution in [2.24, 2.45) is 13.0 Å². The largest absolute Gasteiger partial charge is 0.479 e. The molecule has 1 fully saturated rings. The van der Waals surface area contributed by atoms with Gasteiger partial charge in [-0.2, -0.15) is 0 Å². The van der Waals surface area contributed by atoms with E-state index in [4.69, 9.17) is 4.74 Å². The van der Waals surface area contributed by atoms with E-state index in [1.165, 1.54) is 0 Å². The van der Waals surface area contributed by atoms with E-state index in [0.29, 0.717) is 31.8 Å². The van der Waals surface area contributed by atoms with E-state index in [-0.39, 0.29) is 17.9 Å². The standard InChI is InChI=1S/C18H27N5O3/c1-10-13(5-6-15(25)20-8-12-7-19-9-14(12)24)11(2)21-17-16(10)18(26-4)22-23(17)3/h12,14,19,24H,5-9H2,1-4H3,(H,20,25). The van der Waals surface area contributed by atoms with E-state index < -0.39 is 0 Å². The van der Waals surface area contributed by atoms with Gasteiger partial charge in [-0.3, -0.25) is 4.79 Å². The summed E-state index contributed by atoms with van der Waals surface area (Å²) in [4.78, 5) is 16.9. The Morgan fingerprint density at radius 3 is 2.85 bits per heavy atom. The molecule has 0 bridgehead atoms. The number of fused-ring (bicyclic) bond motifs is 1. The number of carbonyl (C=O) groups is 1. The SMILES string of the molecule is COc1nn(C)c2nc(C)c(CCC(=O)NCC3CNCC3O)c(C)c12. The lowest BCUT2D eigenvalue weighted by Crippen LogP contribution is -2.34. The van der Waals surface area contributed by atoms with Crippen LogP contribution in [0.2, 0.25) is 0 Å². The predicted octanol–water partition coefficient (Wildman–Crippen LogP) is 0.223. The van der Waals surface area contributed by atoms with E-state index >= 15 is 0 Å². The highest BCUT2D eigenvalue weighted by atomic mass is 16.5. The lowest BCUT2D eigenvalue weighted by molar-refractivity contribution is -0.121. The quantitative estimate of drug-likeness (QED) is 0.681. The molecule has 142 valence electrons. The van der Waals surface area contributed by atoms with Crippen molar-refractivity contribution in [3.05, 3.63) is 16.8 Å². The van der Waals surface area contributed by atoms with Crippen LogP contribution >= 0.6 is 0 Å². The van der Waals surface area contributed by atoms with Gasteiger partial charge in [0.2, 0.25) is 11.8 Å². The monoisotopic (exact) mass is 361 g/mol. The fraction of sp³-hybridized carbons (Fsp3) is 0.611. The minimum Gasteiger partial charge on any atom is -0.479 e. The van der Waals surface area contributed by atoms with E-state index in [1.54, 1.807) is 11.8 Å². The molecule has 8 heteroatoms. The van der Waals surface area contributed by atoms with Crippen LogP contribution in [0, 0.1) is 19.8 Å². The molecule has 2 unspecified atom stereocenters. The second-order valence-electron chi connectivity index (χ2n) is 6.92. The zero-order valence-corrected chi connectivity index (χ0v) is 15.8. The molecular weight excluding hydrogens is 334 g/mol. The van der Waals surface area contributed by atoms with Gasteiger partial charge in [0, 0.05) is 44.7 Å². The zero-order valence-electron chi connectivity index (χ0n) is 15.8. The molecule has 2 aromatic rings. The average Bonchev–Trinajstić information content (AvgIpc) is 3.16. The molecule has 2 atom stereocenters. The smallest absolute Gasteiger partial charge is 0.242 e. The highest BCUT2D eigenvalue weighted by Crippen LogP contribution is 2.30. The fourth-order valence-corrected chi connectivity index (χ4v) is 3.61. The van der Waals surface area contributed by atoms with Crippen molar-refractivity contribution in [1.29, 1.82) is 0 Å². The van der Waals surface area contributed by atoms with Gasteiger partial charge in [-0.05, 0) is 31.4 Å². The Balaban J connectivity index is 1.69. The molecule has 26 heavy (non-hydrogen) atoms. The lowest BCUT2D eigenvalue weighted by Gasteiger charge is -2.15. The molecule has 3 rings (SSSR count). The minimum atomic E-state index is -0.385. The van der Waals surface area contributed by atoms with Crippen molar-refractivity contribution in [3.8, 4) is 5.88 Å². The van der Waals surface area contributed by atoms with Crippen LogP contribution in [-0.2, 0) is 18.3 Å². The van der Waals surface area contributed by atoms with Crippen LogP contribution in [0.15, 0.2) is 0 Å². The maximum Gasteiger partial charge on any atom is 0.242 e. The molecule has 0 saturated carbocycles. The normalized spacial score (nSPS) is 19.9. The molecule has 0 radical (unpaired) electrons. The van der Waals surface area contributed by atoms with E-state index in [9.17, 15) is 9.90 Å². The van der Waals surface area contributed by atoms with Crippen molar-refractivity contribution in [1.82, 2.24) is 25.4 Å². The summed E-state index contributed by atoms with van der Waals surface area (Å²) in [5.74, 6) is 0.627. The Labute approximate surface area is 152 Å². The van der Waals surface area contributed by atoms with Crippen LogP contribution in [0.1, 0.15) is 23.2 Å². The highest BCUT2D eigenvalue weighted by Gasteiger charge is 2.25. The Kier molecular flexibility index (Phi) is 5.43. The maximum atomic E-state index is 12.2. The summed E-state index contributed by atoms with van der Waals surface area (Å²) in [5.41, 5.74) is 3.80. The fourth-order valence-electron chi connectivity index (χ4n) is 3.61. The summed E-state index contributed by atoms with van der Waals surface area (Å²) in [5, 5.41) is 21.1. The van der Waals surface area contributed by atoms with Crippen molar-refractivity contribution < 1.29 is 14.6 Å². The van der Waals surface area contributed by atoms with E-state index in [0.717, 1.165) is 34.4 Å². The molecule has 0 aromatic carbocycles. The Morgan fingerprint density at radius 1 is 1.42 bits per heavy atom. The van der Waals surface area contributed by atoms with Gasteiger partial charge in [0.25, 0.3) is 0 Å². The number of nitrogens with one attached hydrogen (secondary N) is 2.